The quantitative estimate of drug-likeness (QED) is 0.425. The molecule has 1 aliphatic heterocycles. The number of hydrogen-bond acceptors (Lipinski definition) is 5. The van der Waals surface area contributed by atoms with E-state index in [1.54, 1.807) is 25.5 Å². The molecular weight excluding hydrogens is 414 g/mol. The molecule has 6 nitrogen and oxygen atoms in total. The van der Waals surface area contributed by atoms with Crippen molar-refractivity contribution in [3.63, 3.8) is 0 Å². The van der Waals surface area contributed by atoms with Crippen molar-refractivity contribution in [1.29, 1.82) is 0 Å². The van der Waals surface area contributed by atoms with Crippen molar-refractivity contribution < 1.29 is 13.9 Å². The van der Waals surface area contributed by atoms with Gasteiger partial charge in [0.05, 0.1) is 18.3 Å². The molecule has 7 heteroatoms. The number of hydrogen-bond donors (Lipinski definition) is 1. The molecule has 0 aliphatic carbocycles. The van der Waals surface area contributed by atoms with E-state index in [4.69, 9.17) is 20.8 Å². The second kappa shape index (κ2) is 7.93. The maximum atomic E-state index is 12.5. The van der Waals surface area contributed by atoms with Gasteiger partial charge in [0.2, 0.25) is 0 Å². The molecular formula is C24H26ClN3O3. The SMILES string of the molecule is COc1cccc2cc(C(=O)N/N=C/c3cc4c(cc3Cl)N(C)C(C)(C)CC4C)oc12. The van der Waals surface area contributed by atoms with E-state index in [9.17, 15) is 4.79 Å². The Balaban J connectivity index is 1.54. The summed E-state index contributed by atoms with van der Waals surface area (Å²) in [5.74, 6) is 0.679. The minimum absolute atomic E-state index is 0.0641. The fourth-order valence-electron chi connectivity index (χ4n) is 4.23. The molecule has 1 aliphatic rings. The lowest BCUT2D eigenvalue weighted by atomic mass is 9.80. The van der Waals surface area contributed by atoms with Gasteiger partial charge in [-0.15, -0.1) is 0 Å². The van der Waals surface area contributed by atoms with Crippen LogP contribution in [-0.4, -0.2) is 31.8 Å². The van der Waals surface area contributed by atoms with Crippen molar-refractivity contribution >= 4 is 40.4 Å². The average molecular weight is 440 g/mol. The van der Waals surface area contributed by atoms with Gasteiger partial charge >= 0.3 is 5.91 Å². The zero-order valence-corrected chi connectivity index (χ0v) is 19.1. The van der Waals surface area contributed by atoms with Crippen molar-refractivity contribution in [2.24, 2.45) is 5.10 Å². The minimum atomic E-state index is -0.446. The lowest BCUT2D eigenvalue weighted by molar-refractivity contribution is 0.0929. The molecule has 0 radical (unpaired) electrons. The van der Waals surface area contributed by atoms with Crippen molar-refractivity contribution in [1.82, 2.24) is 5.43 Å². The van der Waals surface area contributed by atoms with E-state index in [-0.39, 0.29) is 11.3 Å². The van der Waals surface area contributed by atoms with Gasteiger partial charge in [-0.2, -0.15) is 5.10 Å². The Labute approximate surface area is 186 Å². The van der Waals surface area contributed by atoms with Crippen LogP contribution in [0.5, 0.6) is 5.75 Å². The Morgan fingerprint density at radius 3 is 2.87 bits per heavy atom. The van der Waals surface area contributed by atoms with Crippen molar-refractivity contribution in [3.8, 4) is 5.75 Å². The van der Waals surface area contributed by atoms with Crippen molar-refractivity contribution in [3.05, 3.63) is 58.3 Å². The Morgan fingerprint density at radius 1 is 1.35 bits per heavy atom. The minimum Gasteiger partial charge on any atom is -0.493 e. The third-order valence-corrected chi connectivity index (χ3v) is 6.40. The van der Waals surface area contributed by atoms with Gasteiger partial charge in [-0.05, 0) is 56.0 Å². The molecule has 2 aromatic carbocycles. The summed E-state index contributed by atoms with van der Waals surface area (Å²) in [6, 6.07) is 11.2. The van der Waals surface area contributed by atoms with Crippen LogP contribution in [0.15, 0.2) is 45.9 Å². The number of methoxy groups -OCH3 is 1. The van der Waals surface area contributed by atoms with Crippen LogP contribution >= 0.6 is 11.6 Å². The molecule has 31 heavy (non-hydrogen) atoms. The highest BCUT2D eigenvalue weighted by Crippen LogP contribution is 2.44. The Kier molecular flexibility index (Phi) is 5.43. The molecule has 0 bridgehead atoms. The number of nitrogens with one attached hydrogen (secondary N) is 1. The largest absolute Gasteiger partial charge is 0.493 e. The first-order valence-electron chi connectivity index (χ1n) is 10.2. The molecule has 0 saturated heterocycles. The molecule has 0 fully saturated rings. The van der Waals surface area contributed by atoms with Crippen LogP contribution in [-0.2, 0) is 0 Å². The second-order valence-electron chi connectivity index (χ2n) is 8.60. The van der Waals surface area contributed by atoms with Crippen LogP contribution in [0.2, 0.25) is 5.02 Å². The van der Waals surface area contributed by atoms with Crippen molar-refractivity contribution in [2.75, 3.05) is 19.1 Å². The lowest BCUT2D eigenvalue weighted by Gasteiger charge is -2.45. The molecule has 1 aromatic heterocycles. The summed E-state index contributed by atoms with van der Waals surface area (Å²) in [6.07, 6.45) is 2.61. The summed E-state index contributed by atoms with van der Waals surface area (Å²) in [5, 5.41) is 5.47. The second-order valence-corrected chi connectivity index (χ2v) is 9.00. The monoisotopic (exact) mass is 439 g/mol. The molecule has 0 saturated carbocycles. The third-order valence-electron chi connectivity index (χ3n) is 6.07. The number of rotatable bonds is 4. The van der Waals surface area contributed by atoms with Gasteiger partial charge in [-0.1, -0.05) is 30.7 Å². The van der Waals surface area contributed by atoms with E-state index >= 15 is 0 Å². The van der Waals surface area contributed by atoms with E-state index in [2.05, 4.69) is 49.3 Å². The number of nitrogens with zero attached hydrogens (tertiary/aromatic N) is 2. The number of furan rings is 1. The molecule has 3 aromatic rings. The van der Waals surface area contributed by atoms with Gasteiger partial charge in [0, 0.05) is 29.2 Å². The molecule has 4 rings (SSSR count). The number of fused-ring (bicyclic) bond motifs is 2. The highest BCUT2D eigenvalue weighted by molar-refractivity contribution is 6.33. The van der Waals surface area contributed by atoms with Gasteiger partial charge in [0.15, 0.2) is 17.1 Å². The molecule has 0 spiro atoms. The number of anilines is 1. The van der Waals surface area contributed by atoms with E-state index < -0.39 is 5.91 Å². The number of amides is 1. The van der Waals surface area contributed by atoms with Crippen LogP contribution in [0.25, 0.3) is 11.0 Å². The standard InChI is InChI=1S/C24H26ClN3O3/c1-14-12-24(2,3)28(4)19-11-18(25)16(9-17(14)19)13-26-27-23(29)21-10-15-7-6-8-20(30-5)22(15)31-21/h6-11,13-14H,12H2,1-5H3,(H,27,29)/b26-13+. The van der Waals surface area contributed by atoms with Gasteiger partial charge in [0.25, 0.3) is 0 Å². The number of hydrazone groups is 1. The highest BCUT2D eigenvalue weighted by Gasteiger charge is 2.34. The van der Waals surface area contributed by atoms with E-state index in [1.165, 1.54) is 5.56 Å². The van der Waals surface area contributed by atoms with Crippen LogP contribution in [0.3, 0.4) is 0 Å². The van der Waals surface area contributed by atoms with Crippen molar-refractivity contribution in [2.45, 2.75) is 38.6 Å². The fraction of sp³-hybridized carbons (Fsp3) is 0.333. The number of benzene rings is 2. The summed E-state index contributed by atoms with van der Waals surface area (Å²) in [7, 11) is 3.65. The number of ether oxygens (including phenoxy) is 1. The van der Waals surface area contributed by atoms with E-state index in [0.29, 0.717) is 22.3 Å². The predicted octanol–water partition coefficient (Wildman–Crippen LogP) is 5.58. The van der Waals surface area contributed by atoms with Gasteiger partial charge in [-0.3, -0.25) is 4.79 Å². The number of carbonyl (C=O) groups is 1. The predicted molar refractivity (Wildman–Crippen MR) is 125 cm³/mol. The van der Waals surface area contributed by atoms with Crippen LogP contribution in [0, 0.1) is 0 Å². The molecule has 2 heterocycles. The molecule has 1 atom stereocenters. The Morgan fingerprint density at radius 2 is 2.13 bits per heavy atom. The first-order chi connectivity index (χ1) is 14.7. The summed E-state index contributed by atoms with van der Waals surface area (Å²) in [4.78, 5) is 14.8. The smallest absolute Gasteiger partial charge is 0.307 e. The highest BCUT2D eigenvalue weighted by atomic mass is 35.5. The molecule has 162 valence electrons. The number of carbonyl (C=O) groups excluding carboxylic acids is 1. The summed E-state index contributed by atoms with van der Waals surface area (Å²) in [6.45, 7) is 6.69. The van der Waals surface area contributed by atoms with E-state index in [1.807, 2.05) is 18.2 Å². The average Bonchev–Trinajstić information content (AvgIpc) is 3.17. The number of halogens is 1. The lowest BCUT2D eigenvalue weighted by Crippen LogP contribution is -2.45. The Hall–Kier alpha value is -2.99. The van der Waals surface area contributed by atoms with Crippen LogP contribution in [0.4, 0.5) is 5.69 Å². The fourth-order valence-corrected chi connectivity index (χ4v) is 4.43. The van der Waals surface area contributed by atoms with E-state index in [0.717, 1.165) is 23.1 Å². The molecule has 1 amide bonds. The maximum Gasteiger partial charge on any atom is 0.307 e. The Bertz CT molecular complexity index is 1180. The van der Waals surface area contributed by atoms with Gasteiger partial charge in [-0.25, -0.2) is 5.43 Å². The van der Waals surface area contributed by atoms with Crippen LogP contribution < -0.4 is 15.1 Å². The maximum absolute atomic E-state index is 12.5. The van der Waals surface area contributed by atoms with Gasteiger partial charge in [0.1, 0.15) is 0 Å². The zero-order chi connectivity index (χ0) is 22.3. The normalized spacial score (nSPS) is 17.7. The van der Waals surface area contributed by atoms with Crippen LogP contribution in [0.1, 0.15) is 54.8 Å². The summed E-state index contributed by atoms with van der Waals surface area (Å²) < 4.78 is 10.9. The molecule has 1 N–H and O–H groups in total. The first kappa shape index (κ1) is 21.2. The first-order valence-corrected chi connectivity index (χ1v) is 10.6. The summed E-state index contributed by atoms with van der Waals surface area (Å²) >= 11 is 6.52. The van der Waals surface area contributed by atoms with Gasteiger partial charge < -0.3 is 14.1 Å². The molecule has 1 unspecified atom stereocenters. The summed E-state index contributed by atoms with van der Waals surface area (Å²) in [5.41, 5.74) is 6.22. The third kappa shape index (κ3) is 3.88. The zero-order valence-electron chi connectivity index (χ0n) is 18.3. The number of para-hydroxylation sites is 1. The topological polar surface area (TPSA) is 67.1 Å².